The van der Waals surface area contributed by atoms with Crippen LogP contribution in [0.3, 0.4) is 0 Å². The van der Waals surface area contributed by atoms with Crippen molar-refractivity contribution in [2.24, 2.45) is 11.8 Å². The third kappa shape index (κ3) is 2.41. The van der Waals surface area contributed by atoms with Crippen LogP contribution in [0.5, 0.6) is 0 Å². The van der Waals surface area contributed by atoms with Crippen molar-refractivity contribution in [2.45, 2.75) is 20.8 Å². The van der Waals surface area contributed by atoms with Gasteiger partial charge in [-0.15, -0.1) is 0 Å². The summed E-state index contributed by atoms with van der Waals surface area (Å²) in [5.41, 5.74) is 0.464. The zero-order valence-electron chi connectivity index (χ0n) is 8.75. The fourth-order valence-corrected chi connectivity index (χ4v) is 1.21. The van der Waals surface area contributed by atoms with E-state index in [0.29, 0.717) is 5.56 Å². The Morgan fingerprint density at radius 3 is 2.43 bits per heavy atom. The van der Waals surface area contributed by atoms with Gasteiger partial charge in [0.15, 0.2) is 5.78 Å². The van der Waals surface area contributed by atoms with E-state index in [1.165, 1.54) is 12.1 Å². The van der Waals surface area contributed by atoms with Crippen molar-refractivity contribution in [2.75, 3.05) is 0 Å². The third-order valence-electron chi connectivity index (χ3n) is 2.52. The molecule has 1 atom stereocenters. The van der Waals surface area contributed by atoms with Gasteiger partial charge in [-0.1, -0.05) is 32.9 Å². The lowest BCUT2D eigenvalue weighted by Crippen LogP contribution is -2.16. The molecule has 0 bridgehead atoms. The van der Waals surface area contributed by atoms with Crippen molar-refractivity contribution in [3.05, 3.63) is 35.6 Å². The van der Waals surface area contributed by atoms with Gasteiger partial charge >= 0.3 is 0 Å². The van der Waals surface area contributed by atoms with Crippen LogP contribution in [0.1, 0.15) is 31.1 Å². The van der Waals surface area contributed by atoms with Crippen molar-refractivity contribution < 1.29 is 9.18 Å². The van der Waals surface area contributed by atoms with E-state index in [9.17, 15) is 9.18 Å². The summed E-state index contributed by atoms with van der Waals surface area (Å²) in [6, 6.07) is 5.86. The molecule has 0 aliphatic rings. The highest BCUT2D eigenvalue weighted by Crippen LogP contribution is 2.17. The number of carbonyl (C=O) groups excluding carboxylic acids is 1. The topological polar surface area (TPSA) is 17.1 Å². The first kappa shape index (κ1) is 10.9. The van der Waals surface area contributed by atoms with Crippen molar-refractivity contribution in [3.63, 3.8) is 0 Å². The number of ketones is 1. The number of halogens is 1. The van der Waals surface area contributed by atoms with Crippen LogP contribution >= 0.6 is 0 Å². The number of benzene rings is 1. The van der Waals surface area contributed by atoms with Gasteiger partial charge in [0, 0.05) is 11.5 Å². The number of hydrogen-bond donors (Lipinski definition) is 0. The summed E-state index contributed by atoms with van der Waals surface area (Å²) in [5.74, 6) is -0.117. The Morgan fingerprint density at radius 1 is 1.29 bits per heavy atom. The predicted molar refractivity (Wildman–Crippen MR) is 54.7 cm³/mol. The molecule has 0 saturated carbocycles. The highest BCUT2D eigenvalue weighted by atomic mass is 19.1. The quantitative estimate of drug-likeness (QED) is 0.675. The van der Waals surface area contributed by atoms with Crippen molar-refractivity contribution in [3.8, 4) is 0 Å². The fourth-order valence-electron chi connectivity index (χ4n) is 1.21. The molecule has 1 unspecified atom stereocenters. The van der Waals surface area contributed by atoms with Gasteiger partial charge in [-0.25, -0.2) is 4.39 Å². The van der Waals surface area contributed by atoms with Crippen molar-refractivity contribution in [1.29, 1.82) is 0 Å². The maximum atomic E-state index is 12.8. The Balaban J connectivity index is 2.89. The lowest BCUT2D eigenvalue weighted by Gasteiger charge is -2.13. The molecular formula is C12H15FO. The first-order chi connectivity index (χ1) is 6.52. The predicted octanol–water partition coefficient (Wildman–Crippen LogP) is 3.30. The smallest absolute Gasteiger partial charge is 0.166 e. The van der Waals surface area contributed by atoms with E-state index in [1.807, 2.05) is 20.8 Å². The summed E-state index contributed by atoms with van der Waals surface area (Å²) in [6.07, 6.45) is 0. The minimum atomic E-state index is -0.355. The Bertz CT molecular complexity index is 331. The van der Waals surface area contributed by atoms with Crippen LogP contribution in [0.2, 0.25) is 0 Å². The molecule has 1 nitrogen and oxygen atoms in total. The van der Waals surface area contributed by atoms with Gasteiger partial charge < -0.3 is 0 Å². The van der Waals surface area contributed by atoms with Crippen LogP contribution < -0.4 is 0 Å². The average molecular weight is 194 g/mol. The molecule has 14 heavy (non-hydrogen) atoms. The number of carbonyl (C=O) groups is 1. The van der Waals surface area contributed by atoms with Crippen LogP contribution in [-0.4, -0.2) is 5.78 Å². The third-order valence-corrected chi connectivity index (χ3v) is 2.52. The molecule has 0 aromatic heterocycles. The van der Waals surface area contributed by atoms with Gasteiger partial charge in [-0.2, -0.15) is 0 Å². The van der Waals surface area contributed by atoms with Crippen molar-refractivity contribution in [1.82, 2.24) is 0 Å². The molecule has 2 heteroatoms. The van der Waals surface area contributed by atoms with E-state index in [2.05, 4.69) is 0 Å². The molecule has 0 N–H and O–H groups in total. The highest BCUT2D eigenvalue weighted by molar-refractivity contribution is 5.97. The van der Waals surface area contributed by atoms with Gasteiger partial charge in [-0.3, -0.25) is 4.79 Å². The van der Waals surface area contributed by atoms with Crippen LogP contribution in [0.25, 0.3) is 0 Å². The normalized spacial score (nSPS) is 12.9. The summed E-state index contributed by atoms with van der Waals surface area (Å²) >= 11 is 0. The summed E-state index contributed by atoms with van der Waals surface area (Å²) < 4.78 is 12.8. The minimum Gasteiger partial charge on any atom is -0.294 e. The molecule has 1 rings (SSSR count). The summed E-state index contributed by atoms with van der Waals surface area (Å²) in [4.78, 5) is 11.8. The molecule has 0 saturated heterocycles. The minimum absolute atomic E-state index is 0.0134. The zero-order valence-corrected chi connectivity index (χ0v) is 8.75. The second kappa shape index (κ2) is 4.36. The lowest BCUT2D eigenvalue weighted by atomic mass is 9.90. The van der Waals surface area contributed by atoms with E-state index in [1.54, 1.807) is 12.1 Å². The Hall–Kier alpha value is -1.18. The van der Waals surface area contributed by atoms with Crippen LogP contribution in [-0.2, 0) is 0 Å². The van der Waals surface area contributed by atoms with E-state index in [0.717, 1.165) is 0 Å². The second-order valence-corrected chi connectivity index (χ2v) is 3.91. The first-order valence-electron chi connectivity index (χ1n) is 4.82. The van der Waals surface area contributed by atoms with Gasteiger partial charge in [0.2, 0.25) is 0 Å². The Labute approximate surface area is 83.9 Å². The standard InChI is InChI=1S/C12H15FO/c1-8(2)9(3)12(14)10-5-4-6-11(13)7-10/h4-9H,1-3H3. The molecule has 0 aliphatic carbocycles. The monoisotopic (exact) mass is 194 g/mol. The molecule has 0 aliphatic heterocycles. The maximum Gasteiger partial charge on any atom is 0.166 e. The molecule has 0 heterocycles. The maximum absolute atomic E-state index is 12.8. The van der Waals surface area contributed by atoms with E-state index in [-0.39, 0.29) is 23.4 Å². The Kier molecular flexibility index (Phi) is 3.39. The molecule has 0 amide bonds. The van der Waals surface area contributed by atoms with Crippen LogP contribution in [0.15, 0.2) is 24.3 Å². The first-order valence-corrected chi connectivity index (χ1v) is 4.82. The molecular weight excluding hydrogens is 179 g/mol. The van der Waals surface area contributed by atoms with Gasteiger partial charge in [-0.05, 0) is 18.1 Å². The number of Topliss-reactive ketones (excluding diaryl/α,β-unsaturated/α-hetero) is 1. The van der Waals surface area contributed by atoms with E-state index >= 15 is 0 Å². The molecule has 76 valence electrons. The summed E-state index contributed by atoms with van der Waals surface area (Å²) in [6.45, 7) is 5.85. The van der Waals surface area contributed by atoms with E-state index in [4.69, 9.17) is 0 Å². The van der Waals surface area contributed by atoms with Crippen LogP contribution in [0, 0.1) is 17.7 Å². The Morgan fingerprint density at radius 2 is 1.93 bits per heavy atom. The fraction of sp³-hybridized carbons (Fsp3) is 0.417. The van der Waals surface area contributed by atoms with Crippen LogP contribution in [0.4, 0.5) is 4.39 Å². The number of hydrogen-bond acceptors (Lipinski definition) is 1. The molecule has 1 aromatic carbocycles. The molecule has 0 fully saturated rings. The summed E-state index contributed by atoms with van der Waals surface area (Å²) in [7, 11) is 0. The lowest BCUT2D eigenvalue weighted by molar-refractivity contribution is 0.0899. The van der Waals surface area contributed by atoms with Gasteiger partial charge in [0.25, 0.3) is 0 Å². The van der Waals surface area contributed by atoms with E-state index < -0.39 is 0 Å². The molecule has 0 spiro atoms. The molecule has 1 aromatic rings. The van der Waals surface area contributed by atoms with Crippen molar-refractivity contribution >= 4 is 5.78 Å². The second-order valence-electron chi connectivity index (χ2n) is 3.91. The van der Waals surface area contributed by atoms with Gasteiger partial charge in [0.1, 0.15) is 5.82 Å². The van der Waals surface area contributed by atoms with Gasteiger partial charge in [0.05, 0.1) is 0 Å². The largest absolute Gasteiger partial charge is 0.294 e. The number of rotatable bonds is 3. The molecule has 0 radical (unpaired) electrons. The summed E-state index contributed by atoms with van der Waals surface area (Å²) in [5, 5.41) is 0. The highest BCUT2D eigenvalue weighted by Gasteiger charge is 2.18. The SMILES string of the molecule is CC(C)C(C)C(=O)c1cccc(F)c1. The zero-order chi connectivity index (χ0) is 10.7. The average Bonchev–Trinajstić information content (AvgIpc) is 2.15.